The Balaban J connectivity index is 4.46. The molecule has 1 atom stereocenters. The number of allylic oxidation sites excluding steroid dienone is 3. The molecule has 0 nitrogen and oxygen atoms in total. The third-order valence-electron chi connectivity index (χ3n) is 1.86. The molecule has 0 bridgehead atoms. The van der Waals surface area contributed by atoms with Crippen LogP contribution < -0.4 is 0 Å². The Hall–Kier alpha value is 1.34. The van der Waals surface area contributed by atoms with Crippen molar-refractivity contribution in [2.45, 2.75) is 34.1 Å². The van der Waals surface area contributed by atoms with Gasteiger partial charge in [-0.3, -0.25) is 0 Å². The minimum Gasteiger partial charge on any atom is -0.0973 e. The quantitative estimate of drug-likeness (QED) is 0.482. The molecule has 0 aliphatic rings. The van der Waals surface area contributed by atoms with Crippen molar-refractivity contribution >= 4 is 51.1 Å². The summed E-state index contributed by atoms with van der Waals surface area (Å²) < 4.78 is 1.34. The summed E-state index contributed by atoms with van der Waals surface area (Å²) in [6.07, 6.45) is 1.15. The van der Waals surface area contributed by atoms with E-state index in [-0.39, 0.29) is 0 Å². The molecule has 0 saturated heterocycles. The van der Waals surface area contributed by atoms with E-state index in [1.165, 1.54) is 20.0 Å². The normalized spacial score (nSPS) is 15.2. The summed E-state index contributed by atoms with van der Waals surface area (Å²) in [7, 11) is 4.59. The summed E-state index contributed by atoms with van der Waals surface area (Å²) in [6, 6.07) is 0. The molecule has 0 N–H and O–H groups in total. The number of thioether (sulfide) groups is 1. The van der Waals surface area contributed by atoms with Gasteiger partial charge in [-0.25, -0.2) is 0 Å². The van der Waals surface area contributed by atoms with E-state index in [1.807, 2.05) is 11.8 Å². The molecule has 76 valence electrons. The first-order valence-corrected chi connectivity index (χ1v) is 8.87. The molecule has 0 aliphatic carbocycles. The van der Waals surface area contributed by atoms with Crippen molar-refractivity contribution in [3.05, 3.63) is 20.0 Å². The van der Waals surface area contributed by atoms with Crippen LogP contribution in [0.25, 0.3) is 0 Å². The molecule has 13 heavy (non-hydrogen) atoms. The molecular formula is C9H16IPS2. The zero-order valence-corrected chi connectivity index (χ0v) is 13.4. The van der Waals surface area contributed by atoms with Gasteiger partial charge in [-0.1, -0.05) is 42.4 Å². The lowest BCUT2D eigenvalue weighted by Gasteiger charge is -2.07. The molecule has 0 aromatic heterocycles. The van der Waals surface area contributed by atoms with Gasteiger partial charge in [0.2, 0.25) is 0 Å². The number of hydrogen-bond acceptors (Lipinski definition) is 2. The van der Waals surface area contributed by atoms with Crippen LogP contribution in [-0.2, 0) is 0 Å². The van der Waals surface area contributed by atoms with Gasteiger partial charge >= 0.3 is 0 Å². The van der Waals surface area contributed by atoms with Crippen molar-refractivity contribution in [2.75, 3.05) is 0 Å². The highest BCUT2D eigenvalue weighted by atomic mass is 127. The average Bonchev–Trinajstić information content (AvgIpc) is 2.14. The van der Waals surface area contributed by atoms with Crippen molar-refractivity contribution in [1.29, 1.82) is 0 Å². The topological polar surface area (TPSA) is 0 Å². The van der Waals surface area contributed by atoms with Crippen LogP contribution in [0.1, 0.15) is 34.1 Å². The summed E-state index contributed by atoms with van der Waals surface area (Å²) in [5.41, 5.74) is 1.48. The van der Waals surface area contributed by atoms with Gasteiger partial charge in [0.05, 0.1) is 0 Å². The van der Waals surface area contributed by atoms with Crippen LogP contribution in [0.3, 0.4) is 0 Å². The molecule has 0 heterocycles. The first kappa shape index (κ1) is 14.3. The van der Waals surface area contributed by atoms with Crippen LogP contribution in [0.4, 0.5) is 0 Å². The zero-order valence-electron chi connectivity index (χ0n) is 8.48. The Labute approximate surface area is 105 Å². The van der Waals surface area contributed by atoms with Gasteiger partial charge in [0.25, 0.3) is 0 Å². The number of halogens is 1. The SMILES string of the molecule is CC/C(C)=C(/C)S/C(P)=C(\C)SI. The van der Waals surface area contributed by atoms with Crippen molar-refractivity contribution in [2.24, 2.45) is 0 Å². The predicted octanol–water partition coefficient (Wildman–Crippen LogP) is 5.57. The van der Waals surface area contributed by atoms with Crippen LogP contribution in [-0.4, -0.2) is 0 Å². The highest BCUT2D eigenvalue weighted by Gasteiger charge is 2.01. The maximum absolute atomic E-state index is 2.81. The summed E-state index contributed by atoms with van der Waals surface area (Å²) >= 11 is 4.18. The van der Waals surface area contributed by atoms with E-state index in [4.69, 9.17) is 0 Å². The largest absolute Gasteiger partial charge is 0.0973 e. The molecule has 1 unspecified atom stereocenters. The van der Waals surface area contributed by atoms with E-state index in [0.29, 0.717) is 0 Å². The molecule has 0 aromatic carbocycles. The molecular weight excluding hydrogens is 330 g/mol. The van der Waals surface area contributed by atoms with Crippen LogP contribution in [0.15, 0.2) is 20.0 Å². The highest BCUT2D eigenvalue weighted by Crippen LogP contribution is 2.39. The third kappa shape index (κ3) is 5.71. The lowest BCUT2D eigenvalue weighted by atomic mass is 10.2. The van der Waals surface area contributed by atoms with Crippen molar-refractivity contribution in [3.63, 3.8) is 0 Å². The smallest absolute Gasteiger partial charge is 0.0167 e. The second kappa shape index (κ2) is 7.61. The minimum atomic E-state index is 1.15. The monoisotopic (exact) mass is 346 g/mol. The number of rotatable bonds is 4. The Morgan fingerprint density at radius 2 is 1.77 bits per heavy atom. The van der Waals surface area contributed by atoms with Gasteiger partial charge < -0.3 is 0 Å². The molecule has 0 aliphatic heterocycles. The van der Waals surface area contributed by atoms with Gasteiger partial charge in [0.15, 0.2) is 0 Å². The van der Waals surface area contributed by atoms with Crippen LogP contribution in [0.5, 0.6) is 0 Å². The van der Waals surface area contributed by atoms with E-state index >= 15 is 0 Å². The van der Waals surface area contributed by atoms with Crippen molar-refractivity contribution < 1.29 is 0 Å². The molecule has 0 radical (unpaired) electrons. The maximum Gasteiger partial charge on any atom is 0.0167 e. The second-order valence-electron chi connectivity index (χ2n) is 2.79. The zero-order chi connectivity index (χ0) is 10.4. The Kier molecular flexibility index (Phi) is 8.39. The number of hydrogen-bond donors (Lipinski definition) is 0. The average molecular weight is 346 g/mol. The molecule has 0 spiro atoms. The fraction of sp³-hybridized carbons (Fsp3) is 0.556. The Morgan fingerprint density at radius 1 is 1.23 bits per heavy atom. The van der Waals surface area contributed by atoms with Gasteiger partial charge in [-0.15, -0.1) is 0 Å². The molecule has 0 saturated carbocycles. The van der Waals surface area contributed by atoms with E-state index in [9.17, 15) is 0 Å². The maximum atomic E-state index is 2.81. The van der Waals surface area contributed by atoms with Crippen molar-refractivity contribution in [1.82, 2.24) is 0 Å². The molecule has 0 fully saturated rings. The predicted molar refractivity (Wildman–Crippen MR) is 80.3 cm³/mol. The van der Waals surface area contributed by atoms with E-state index < -0.39 is 0 Å². The van der Waals surface area contributed by atoms with Crippen LogP contribution >= 0.6 is 51.1 Å². The van der Waals surface area contributed by atoms with Crippen LogP contribution in [0, 0.1) is 0 Å². The van der Waals surface area contributed by atoms with E-state index in [1.54, 1.807) is 8.93 Å². The molecule has 0 aromatic rings. The molecule has 0 rings (SSSR count). The van der Waals surface area contributed by atoms with E-state index in [0.717, 1.165) is 6.42 Å². The minimum absolute atomic E-state index is 1.15. The second-order valence-corrected chi connectivity index (χ2v) is 7.13. The third-order valence-corrected chi connectivity index (χ3v) is 6.60. The van der Waals surface area contributed by atoms with E-state index in [2.05, 4.69) is 58.1 Å². The molecule has 4 heteroatoms. The van der Waals surface area contributed by atoms with Crippen molar-refractivity contribution in [3.8, 4) is 0 Å². The Morgan fingerprint density at radius 3 is 2.15 bits per heavy atom. The van der Waals surface area contributed by atoms with Gasteiger partial charge in [0, 0.05) is 30.8 Å². The first-order chi connectivity index (χ1) is 6.02. The lowest BCUT2D eigenvalue weighted by Crippen LogP contribution is -1.78. The standard InChI is InChI=1S/C9H16IPS2/c1-5-6(2)7(3)12-9(11)8(4)13-10/h5,11H2,1-4H3/b7-6-,9-8+. The summed E-state index contributed by atoms with van der Waals surface area (Å²) in [5.74, 6) is 0. The first-order valence-electron chi connectivity index (χ1n) is 4.12. The fourth-order valence-corrected chi connectivity index (χ4v) is 4.32. The van der Waals surface area contributed by atoms with Crippen LogP contribution in [0.2, 0.25) is 0 Å². The van der Waals surface area contributed by atoms with Gasteiger partial charge in [-0.2, -0.15) is 0 Å². The Bertz CT molecular complexity index is 210. The highest BCUT2D eigenvalue weighted by molar-refractivity contribution is 14.2. The lowest BCUT2D eigenvalue weighted by molar-refractivity contribution is 1.09. The van der Waals surface area contributed by atoms with Gasteiger partial charge in [-0.05, 0) is 32.1 Å². The summed E-state index contributed by atoms with van der Waals surface area (Å²) in [6.45, 7) is 8.75. The van der Waals surface area contributed by atoms with Gasteiger partial charge in [0.1, 0.15) is 0 Å². The fourth-order valence-electron chi connectivity index (χ4n) is 0.611. The summed E-state index contributed by atoms with van der Waals surface area (Å²) in [5, 5.41) is 0. The summed E-state index contributed by atoms with van der Waals surface area (Å²) in [4.78, 5) is 2.80. The molecule has 0 amide bonds.